The first kappa shape index (κ1) is 21.1. The normalized spacial score (nSPS) is 22.6. The summed E-state index contributed by atoms with van der Waals surface area (Å²) in [6, 6.07) is -0.808. The van der Waals surface area contributed by atoms with Crippen LogP contribution in [0.1, 0.15) is 39.7 Å². The van der Waals surface area contributed by atoms with E-state index in [2.05, 4.69) is 20.0 Å². The molecule has 2 atom stereocenters. The number of aromatic nitrogens is 2. The average Bonchev–Trinajstić information content (AvgIpc) is 2.51. The highest BCUT2D eigenvalue weighted by Gasteiger charge is 2.48. The predicted molar refractivity (Wildman–Crippen MR) is 87.7 cm³/mol. The van der Waals surface area contributed by atoms with E-state index in [-0.39, 0.29) is 18.1 Å². The Hall–Kier alpha value is -2.17. The maximum absolute atomic E-state index is 13.8. The third-order valence-corrected chi connectivity index (χ3v) is 3.68. The number of amides is 1. The Bertz CT molecular complexity index is 652. The number of carbonyl (C=O) groups is 1. The second kappa shape index (κ2) is 7.83. The van der Waals surface area contributed by atoms with Gasteiger partial charge in [0, 0.05) is 18.9 Å². The van der Waals surface area contributed by atoms with E-state index in [1.54, 1.807) is 20.8 Å². The zero-order valence-electron chi connectivity index (χ0n) is 15.4. The Morgan fingerprint density at radius 2 is 2.00 bits per heavy atom. The Labute approximate surface area is 154 Å². The largest absolute Gasteiger partial charge is 0.444 e. The number of rotatable bonds is 4. The van der Waals surface area contributed by atoms with Gasteiger partial charge in [0.2, 0.25) is 5.95 Å². The fourth-order valence-corrected chi connectivity index (χ4v) is 2.49. The van der Waals surface area contributed by atoms with Gasteiger partial charge in [0.1, 0.15) is 12.1 Å². The molecular weight excluding hydrogens is 372 g/mol. The molecule has 7 nitrogen and oxygen atoms in total. The second-order valence-electron chi connectivity index (χ2n) is 7.16. The van der Waals surface area contributed by atoms with Gasteiger partial charge in [0.15, 0.2) is 0 Å². The van der Waals surface area contributed by atoms with Gasteiger partial charge in [0.05, 0.1) is 17.7 Å². The summed E-state index contributed by atoms with van der Waals surface area (Å²) >= 11 is 0. The molecule has 27 heavy (non-hydrogen) atoms. The van der Waals surface area contributed by atoms with Gasteiger partial charge in [-0.3, -0.25) is 4.90 Å². The van der Waals surface area contributed by atoms with Gasteiger partial charge in [0.25, 0.3) is 6.43 Å². The molecule has 0 unspecified atom stereocenters. The van der Waals surface area contributed by atoms with Crippen LogP contribution in [0.2, 0.25) is 0 Å². The lowest BCUT2D eigenvalue weighted by atomic mass is 10.1. The van der Waals surface area contributed by atoms with Crippen molar-refractivity contribution in [3.8, 4) is 0 Å². The van der Waals surface area contributed by atoms with Crippen LogP contribution in [0.15, 0.2) is 12.4 Å². The van der Waals surface area contributed by atoms with Crippen LogP contribution in [0.3, 0.4) is 0 Å². The van der Waals surface area contributed by atoms with Crippen molar-refractivity contribution in [2.45, 2.75) is 58.0 Å². The van der Waals surface area contributed by atoms with Crippen LogP contribution >= 0.6 is 0 Å². The molecule has 0 radical (unpaired) electrons. The fourth-order valence-electron chi connectivity index (χ4n) is 2.49. The SMILES string of the molecule is C[C@@H]1OC(F)(F)CN(C(=O)OC(C)(C)C)[C@@H]1CNc1ncc(C(F)F)cn1. The van der Waals surface area contributed by atoms with E-state index in [9.17, 15) is 22.4 Å². The molecule has 1 N–H and O–H groups in total. The van der Waals surface area contributed by atoms with Crippen molar-refractivity contribution in [1.82, 2.24) is 14.9 Å². The minimum atomic E-state index is -3.51. The molecular formula is C16H22F4N4O3. The number of alkyl halides is 4. The maximum Gasteiger partial charge on any atom is 0.410 e. The molecule has 1 aromatic rings. The Morgan fingerprint density at radius 1 is 1.41 bits per heavy atom. The van der Waals surface area contributed by atoms with E-state index in [1.807, 2.05) is 0 Å². The minimum Gasteiger partial charge on any atom is -0.444 e. The highest BCUT2D eigenvalue weighted by atomic mass is 19.3. The van der Waals surface area contributed by atoms with Gasteiger partial charge in [-0.25, -0.2) is 23.5 Å². The first-order valence-corrected chi connectivity index (χ1v) is 8.27. The summed E-state index contributed by atoms with van der Waals surface area (Å²) in [4.78, 5) is 20.7. The van der Waals surface area contributed by atoms with Crippen molar-refractivity contribution in [1.29, 1.82) is 0 Å². The lowest BCUT2D eigenvalue weighted by Gasteiger charge is -2.43. The van der Waals surface area contributed by atoms with Crippen LogP contribution < -0.4 is 5.32 Å². The topological polar surface area (TPSA) is 76.6 Å². The Balaban J connectivity index is 2.11. The first-order valence-electron chi connectivity index (χ1n) is 8.27. The summed E-state index contributed by atoms with van der Waals surface area (Å²) < 4.78 is 62.5. The van der Waals surface area contributed by atoms with Gasteiger partial charge in [-0.15, -0.1) is 0 Å². The number of nitrogens with zero attached hydrogens (tertiary/aromatic N) is 3. The third-order valence-electron chi connectivity index (χ3n) is 3.68. The van der Waals surface area contributed by atoms with Crippen LogP contribution in [0, 0.1) is 0 Å². The van der Waals surface area contributed by atoms with Crippen LogP contribution in [-0.4, -0.2) is 57.9 Å². The Morgan fingerprint density at radius 3 is 2.52 bits per heavy atom. The smallest absolute Gasteiger partial charge is 0.410 e. The number of nitrogens with one attached hydrogen (secondary N) is 1. The number of halogens is 4. The molecule has 0 saturated carbocycles. The fraction of sp³-hybridized carbons (Fsp3) is 0.688. The van der Waals surface area contributed by atoms with Crippen molar-refractivity contribution in [2.24, 2.45) is 0 Å². The number of morpholine rings is 1. The van der Waals surface area contributed by atoms with Crippen molar-refractivity contribution in [2.75, 3.05) is 18.4 Å². The van der Waals surface area contributed by atoms with Gasteiger partial charge < -0.3 is 14.8 Å². The molecule has 152 valence electrons. The molecule has 0 bridgehead atoms. The van der Waals surface area contributed by atoms with Crippen molar-refractivity contribution in [3.63, 3.8) is 0 Å². The van der Waals surface area contributed by atoms with Crippen LogP contribution in [0.25, 0.3) is 0 Å². The van der Waals surface area contributed by atoms with Crippen LogP contribution in [-0.2, 0) is 9.47 Å². The van der Waals surface area contributed by atoms with Gasteiger partial charge in [-0.1, -0.05) is 0 Å². The molecule has 1 aromatic heterocycles. The standard InChI is InChI=1S/C16H22F4N4O3/c1-9-11(7-23-13-21-5-10(6-22-13)12(17)18)24(8-16(19,20)26-9)14(25)27-15(2,3)4/h5-6,9,11-12H,7-8H2,1-4H3,(H,21,22,23)/t9-,11+/m0/s1. The number of hydrogen-bond donors (Lipinski definition) is 1. The van der Waals surface area contributed by atoms with Crippen molar-refractivity contribution < 1.29 is 31.8 Å². The number of hydrogen-bond acceptors (Lipinski definition) is 6. The molecule has 1 saturated heterocycles. The molecule has 0 aromatic carbocycles. The minimum absolute atomic E-state index is 0.0214. The van der Waals surface area contributed by atoms with Crippen LogP contribution in [0.5, 0.6) is 0 Å². The highest BCUT2D eigenvalue weighted by molar-refractivity contribution is 5.69. The van der Waals surface area contributed by atoms with Crippen LogP contribution in [0.4, 0.5) is 28.3 Å². The molecule has 2 rings (SSSR count). The molecule has 1 fully saturated rings. The summed E-state index contributed by atoms with van der Waals surface area (Å²) in [7, 11) is 0. The van der Waals surface area contributed by atoms with E-state index in [4.69, 9.17) is 4.74 Å². The summed E-state index contributed by atoms with van der Waals surface area (Å²) in [5.74, 6) is 0.0214. The quantitative estimate of drug-likeness (QED) is 0.789. The van der Waals surface area contributed by atoms with Gasteiger partial charge >= 0.3 is 12.2 Å². The molecule has 0 spiro atoms. The van der Waals surface area contributed by atoms with E-state index in [0.717, 1.165) is 17.3 Å². The zero-order chi connectivity index (χ0) is 20.4. The van der Waals surface area contributed by atoms with Gasteiger partial charge in [-0.05, 0) is 27.7 Å². The number of ether oxygens (including phenoxy) is 2. The molecule has 1 aliphatic heterocycles. The molecule has 0 aliphatic carbocycles. The molecule has 1 amide bonds. The summed E-state index contributed by atoms with van der Waals surface area (Å²) in [6.45, 7) is 5.27. The van der Waals surface area contributed by atoms with E-state index in [1.165, 1.54) is 6.92 Å². The summed E-state index contributed by atoms with van der Waals surface area (Å²) in [5, 5.41) is 2.74. The number of carbonyl (C=O) groups excluding carboxylic acids is 1. The van der Waals surface area contributed by atoms with Crippen molar-refractivity contribution in [3.05, 3.63) is 18.0 Å². The summed E-state index contributed by atoms with van der Waals surface area (Å²) in [6.07, 6.45) is -6.22. The van der Waals surface area contributed by atoms with E-state index >= 15 is 0 Å². The lowest BCUT2D eigenvalue weighted by Crippen LogP contribution is -2.61. The average molecular weight is 394 g/mol. The predicted octanol–water partition coefficient (Wildman–Crippen LogP) is 3.44. The first-order chi connectivity index (χ1) is 12.4. The maximum atomic E-state index is 13.8. The second-order valence-corrected chi connectivity index (χ2v) is 7.16. The molecule has 11 heteroatoms. The van der Waals surface area contributed by atoms with Crippen molar-refractivity contribution >= 4 is 12.0 Å². The Kier molecular flexibility index (Phi) is 6.13. The lowest BCUT2D eigenvalue weighted by molar-refractivity contribution is -0.300. The van der Waals surface area contributed by atoms with Gasteiger partial charge in [-0.2, -0.15) is 8.78 Å². The monoisotopic (exact) mass is 394 g/mol. The number of anilines is 1. The molecule has 1 aliphatic rings. The van der Waals surface area contributed by atoms with E-state index < -0.39 is 42.9 Å². The van der Waals surface area contributed by atoms with E-state index in [0.29, 0.717) is 0 Å². The third kappa shape index (κ3) is 5.91. The highest BCUT2D eigenvalue weighted by Crippen LogP contribution is 2.30. The summed E-state index contributed by atoms with van der Waals surface area (Å²) in [5.41, 5.74) is -1.20. The zero-order valence-corrected chi connectivity index (χ0v) is 15.4. The molecule has 2 heterocycles.